The standard InChI is InChI=1S/C16H16ClF5N4O/c1-3-10(7-27-11-5-4-9(6-23-11)16(20,21)22)26-15-12(17)13(14(18)19)24-8(2)25-15/h4-6,10,14H,3,7H2,1-2H3,(H,24,25,26). The minimum absolute atomic E-state index is 0.00137. The highest BCUT2D eigenvalue weighted by Gasteiger charge is 2.30. The summed E-state index contributed by atoms with van der Waals surface area (Å²) in [5.41, 5.74) is -1.46. The van der Waals surface area contributed by atoms with Crippen LogP contribution in [-0.2, 0) is 6.18 Å². The predicted octanol–water partition coefficient (Wildman–Crippen LogP) is 5.06. The lowest BCUT2D eigenvalue weighted by Gasteiger charge is -2.19. The van der Waals surface area contributed by atoms with E-state index >= 15 is 0 Å². The predicted molar refractivity (Wildman–Crippen MR) is 89.2 cm³/mol. The Morgan fingerprint density at radius 3 is 2.44 bits per heavy atom. The van der Waals surface area contributed by atoms with Gasteiger partial charge >= 0.3 is 6.18 Å². The third kappa shape index (κ3) is 5.62. The molecule has 0 fully saturated rings. The SMILES string of the molecule is CCC(COc1ccc(C(F)(F)F)cn1)Nc1nc(C)nc(C(F)F)c1Cl. The van der Waals surface area contributed by atoms with Crippen LogP contribution in [0.15, 0.2) is 18.3 Å². The van der Waals surface area contributed by atoms with E-state index in [0.717, 1.165) is 12.1 Å². The third-order valence-electron chi connectivity index (χ3n) is 3.53. The number of nitrogens with zero attached hydrogens (tertiary/aromatic N) is 3. The Hall–Kier alpha value is -2.23. The molecule has 0 radical (unpaired) electrons. The molecule has 5 nitrogen and oxygen atoms in total. The van der Waals surface area contributed by atoms with Gasteiger partial charge in [-0.25, -0.2) is 23.7 Å². The van der Waals surface area contributed by atoms with Crippen molar-refractivity contribution in [3.8, 4) is 5.88 Å². The molecule has 2 aromatic rings. The molecule has 0 amide bonds. The Labute approximate surface area is 156 Å². The maximum atomic E-state index is 13.0. The minimum atomic E-state index is -4.48. The number of nitrogens with one attached hydrogen (secondary N) is 1. The van der Waals surface area contributed by atoms with Gasteiger partial charge in [-0.1, -0.05) is 18.5 Å². The van der Waals surface area contributed by atoms with Crippen LogP contribution in [0.5, 0.6) is 5.88 Å². The van der Waals surface area contributed by atoms with Crippen LogP contribution < -0.4 is 10.1 Å². The summed E-state index contributed by atoms with van der Waals surface area (Å²) in [4.78, 5) is 11.2. The van der Waals surface area contributed by atoms with Crippen molar-refractivity contribution >= 4 is 17.4 Å². The molecule has 148 valence electrons. The van der Waals surface area contributed by atoms with Crippen LogP contribution in [0.25, 0.3) is 0 Å². The summed E-state index contributed by atoms with van der Waals surface area (Å²) in [6.45, 7) is 3.27. The highest BCUT2D eigenvalue weighted by atomic mass is 35.5. The zero-order valence-corrected chi connectivity index (χ0v) is 15.1. The van der Waals surface area contributed by atoms with Gasteiger partial charge in [0, 0.05) is 12.3 Å². The van der Waals surface area contributed by atoms with Crippen molar-refractivity contribution in [1.29, 1.82) is 0 Å². The van der Waals surface area contributed by atoms with E-state index in [1.165, 1.54) is 6.92 Å². The second-order valence-corrected chi connectivity index (χ2v) is 5.94. The summed E-state index contributed by atoms with van der Waals surface area (Å²) in [7, 11) is 0. The first-order chi connectivity index (χ1) is 12.6. The van der Waals surface area contributed by atoms with Crippen LogP contribution in [0.4, 0.5) is 27.8 Å². The van der Waals surface area contributed by atoms with Crippen molar-refractivity contribution in [2.75, 3.05) is 11.9 Å². The van der Waals surface area contributed by atoms with E-state index in [0.29, 0.717) is 12.6 Å². The molecule has 0 aliphatic rings. The number of ether oxygens (including phenoxy) is 1. The second-order valence-electron chi connectivity index (χ2n) is 5.56. The molecule has 0 aromatic carbocycles. The average molecular weight is 411 g/mol. The van der Waals surface area contributed by atoms with E-state index in [-0.39, 0.29) is 29.2 Å². The summed E-state index contributed by atoms with van der Waals surface area (Å²) < 4.78 is 68.9. The van der Waals surface area contributed by atoms with Crippen LogP contribution in [0, 0.1) is 6.92 Å². The number of anilines is 1. The van der Waals surface area contributed by atoms with Crippen LogP contribution in [0.3, 0.4) is 0 Å². The van der Waals surface area contributed by atoms with E-state index in [9.17, 15) is 22.0 Å². The van der Waals surface area contributed by atoms with Crippen molar-refractivity contribution < 1.29 is 26.7 Å². The largest absolute Gasteiger partial charge is 0.475 e. The van der Waals surface area contributed by atoms with Crippen LogP contribution in [0.1, 0.15) is 36.9 Å². The molecule has 1 unspecified atom stereocenters. The van der Waals surface area contributed by atoms with Crippen molar-refractivity contribution in [2.45, 2.75) is 38.9 Å². The molecule has 1 atom stereocenters. The van der Waals surface area contributed by atoms with Gasteiger partial charge in [0.05, 0.1) is 11.6 Å². The Kier molecular flexibility index (Phi) is 6.74. The Balaban J connectivity index is 2.06. The van der Waals surface area contributed by atoms with Gasteiger partial charge in [0.25, 0.3) is 6.43 Å². The Morgan fingerprint density at radius 2 is 1.93 bits per heavy atom. The minimum Gasteiger partial charge on any atom is -0.475 e. The van der Waals surface area contributed by atoms with Gasteiger partial charge in [-0.3, -0.25) is 0 Å². The number of hydrogen-bond donors (Lipinski definition) is 1. The summed E-state index contributed by atoms with van der Waals surface area (Å²) >= 11 is 5.93. The number of alkyl halides is 5. The molecule has 2 heterocycles. The van der Waals surface area contributed by atoms with Gasteiger partial charge in [-0.15, -0.1) is 0 Å². The molecule has 0 saturated heterocycles. The molecule has 11 heteroatoms. The van der Waals surface area contributed by atoms with Gasteiger partial charge in [0.15, 0.2) is 0 Å². The molecular weight excluding hydrogens is 395 g/mol. The molecule has 1 N–H and O–H groups in total. The van der Waals surface area contributed by atoms with Crippen LogP contribution in [0.2, 0.25) is 5.02 Å². The normalized spacial score (nSPS) is 12.9. The van der Waals surface area contributed by atoms with Crippen LogP contribution >= 0.6 is 11.6 Å². The first-order valence-corrected chi connectivity index (χ1v) is 8.24. The zero-order chi connectivity index (χ0) is 20.2. The molecule has 0 aliphatic carbocycles. The summed E-state index contributed by atoms with van der Waals surface area (Å²) in [5, 5.41) is 2.60. The fourth-order valence-electron chi connectivity index (χ4n) is 2.10. The number of rotatable bonds is 7. The zero-order valence-electron chi connectivity index (χ0n) is 14.3. The number of halogens is 6. The molecule has 0 bridgehead atoms. The lowest BCUT2D eigenvalue weighted by atomic mass is 10.2. The van der Waals surface area contributed by atoms with Gasteiger partial charge in [0.1, 0.15) is 29.0 Å². The van der Waals surface area contributed by atoms with Crippen molar-refractivity contribution in [2.24, 2.45) is 0 Å². The first-order valence-electron chi connectivity index (χ1n) is 7.86. The van der Waals surface area contributed by atoms with E-state index in [1.54, 1.807) is 6.92 Å². The average Bonchev–Trinajstić information content (AvgIpc) is 2.60. The topological polar surface area (TPSA) is 59.9 Å². The number of aryl methyl sites for hydroxylation is 1. The van der Waals surface area contributed by atoms with E-state index in [2.05, 4.69) is 20.3 Å². The van der Waals surface area contributed by atoms with Gasteiger partial charge in [0.2, 0.25) is 5.88 Å². The maximum Gasteiger partial charge on any atom is 0.417 e. The van der Waals surface area contributed by atoms with E-state index in [1.807, 2.05) is 0 Å². The first kappa shape index (κ1) is 21.1. The monoisotopic (exact) mass is 410 g/mol. The highest BCUT2D eigenvalue weighted by molar-refractivity contribution is 6.33. The quantitative estimate of drug-likeness (QED) is 0.646. The highest BCUT2D eigenvalue weighted by Crippen LogP contribution is 2.31. The van der Waals surface area contributed by atoms with Crippen molar-refractivity contribution in [1.82, 2.24) is 15.0 Å². The molecule has 0 spiro atoms. The molecular formula is C16H16ClF5N4O. The smallest absolute Gasteiger partial charge is 0.417 e. The van der Waals surface area contributed by atoms with E-state index in [4.69, 9.17) is 16.3 Å². The molecule has 27 heavy (non-hydrogen) atoms. The molecule has 0 aliphatic heterocycles. The van der Waals surface area contributed by atoms with Gasteiger partial charge < -0.3 is 10.1 Å². The lowest BCUT2D eigenvalue weighted by Crippen LogP contribution is -2.27. The fourth-order valence-corrected chi connectivity index (χ4v) is 2.32. The van der Waals surface area contributed by atoms with Crippen molar-refractivity contribution in [3.63, 3.8) is 0 Å². The number of hydrogen-bond acceptors (Lipinski definition) is 5. The molecule has 0 saturated carbocycles. The van der Waals surface area contributed by atoms with Crippen LogP contribution in [-0.4, -0.2) is 27.6 Å². The molecule has 2 aromatic heterocycles. The number of pyridine rings is 1. The maximum absolute atomic E-state index is 13.0. The summed E-state index contributed by atoms with van der Waals surface area (Å²) in [5.74, 6) is 0.161. The Bertz CT molecular complexity index is 771. The van der Waals surface area contributed by atoms with Gasteiger partial charge in [-0.05, 0) is 19.4 Å². The third-order valence-corrected chi connectivity index (χ3v) is 3.90. The summed E-state index contributed by atoms with van der Waals surface area (Å²) in [6.07, 6.45) is -6.16. The van der Waals surface area contributed by atoms with Crippen molar-refractivity contribution in [3.05, 3.63) is 40.4 Å². The Morgan fingerprint density at radius 1 is 1.22 bits per heavy atom. The second kappa shape index (κ2) is 8.64. The van der Waals surface area contributed by atoms with E-state index < -0.39 is 29.9 Å². The van der Waals surface area contributed by atoms with Gasteiger partial charge in [-0.2, -0.15) is 13.2 Å². The molecule has 2 rings (SSSR count). The number of aromatic nitrogens is 3. The lowest BCUT2D eigenvalue weighted by molar-refractivity contribution is -0.137. The summed E-state index contributed by atoms with van der Waals surface area (Å²) in [6, 6.07) is 1.56. The fraction of sp³-hybridized carbons (Fsp3) is 0.438.